The summed E-state index contributed by atoms with van der Waals surface area (Å²) in [7, 11) is 0. The Hall–Kier alpha value is -3.62. The van der Waals surface area contributed by atoms with Crippen molar-refractivity contribution in [1.29, 1.82) is 0 Å². The molecule has 1 unspecified atom stereocenters. The number of ketones is 1. The summed E-state index contributed by atoms with van der Waals surface area (Å²) < 4.78 is 42.2. The highest BCUT2D eigenvalue weighted by Gasteiger charge is 2.47. The molecule has 9 heteroatoms. The van der Waals surface area contributed by atoms with E-state index in [0.29, 0.717) is 11.1 Å². The molecule has 0 saturated carbocycles. The van der Waals surface area contributed by atoms with E-state index in [2.05, 4.69) is 15.7 Å². The molecule has 0 radical (unpaired) electrons. The van der Waals surface area contributed by atoms with Crippen LogP contribution in [0.15, 0.2) is 66.9 Å². The number of benzene rings is 2. The summed E-state index contributed by atoms with van der Waals surface area (Å²) in [5.74, 6) is -1.00. The van der Waals surface area contributed by atoms with Crippen LogP contribution in [0.25, 0.3) is 0 Å². The molecular formula is C23H21F3N4O2. The summed E-state index contributed by atoms with van der Waals surface area (Å²) in [5.41, 5.74) is 1.05. The monoisotopic (exact) mass is 442 g/mol. The molecule has 0 spiro atoms. The van der Waals surface area contributed by atoms with Gasteiger partial charge in [0.25, 0.3) is 5.91 Å². The smallest absolute Gasteiger partial charge is 0.363 e. The summed E-state index contributed by atoms with van der Waals surface area (Å²) in [5, 5.41) is 9.46. The van der Waals surface area contributed by atoms with Gasteiger partial charge >= 0.3 is 6.18 Å². The third-order valence-corrected chi connectivity index (χ3v) is 5.48. The first-order valence-electron chi connectivity index (χ1n) is 10.1. The van der Waals surface area contributed by atoms with Crippen LogP contribution in [-0.2, 0) is 0 Å². The van der Waals surface area contributed by atoms with Gasteiger partial charge in [0, 0.05) is 12.0 Å². The number of nitrogens with zero attached hydrogens (tertiary/aromatic N) is 2. The Morgan fingerprint density at radius 1 is 1.09 bits per heavy atom. The summed E-state index contributed by atoms with van der Waals surface area (Å²) in [6, 6.07) is 13.8. The van der Waals surface area contributed by atoms with Crippen LogP contribution in [0.4, 0.5) is 19.0 Å². The van der Waals surface area contributed by atoms with Crippen molar-refractivity contribution in [2.45, 2.75) is 37.6 Å². The zero-order valence-corrected chi connectivity index (χ0v) is 17.1. The van der Waals surface area contributed by atoms with Crippen molar-refractivity contribution in [1.82, 2.24) is 15.1 Å². The third kappa shape index (κ3) is 4.23. The van der Waals surface area contributed by atoms with E-state index in [0.717, 1.165) is 10.9 Å². The number of alkyl halides is 3. The molecule has 0 saturated heterocycles. The first kappa shape index (κ1) is 21.6. The fourth-order valence-corrected chi connectivity index (χ4v) is 3.83. The molecule has 166 valence electrons. The van der Waals surface area contributed by atoms with Crippen LogP contribution in [-0.4, -0.2) is 33.7 Å². The molecule has 0 fully saturated rings. The van der Waals surface area contributed by atoms with Gasteiger partial charge in [-0.1, -0.05) is 60.7 Å². The molecule has 32 heavy (non-hydrogen) atoms. The number of carbonyl (C=O) groups excluding carboxylic acids is 2. The van der Waals surface area contributed by atoms with Gasteiger partial charge in [0.05, 0.1) is 18.3 Å². The maximum Gasteiger partial charge on any atom is 0.410 e. The summed E-state index contributed by atoms with van der Waals surface area (Å²) >= 11 is 0. The first-order valence-corrected chi connectivity index (χ1v) is 10.1. The molecule has 2 N–H and O–H groups in total. The molecule has 0 aliphatic carbocycles. The van der Waals surface area contributed by atoms with Crippen molar-refractivity contribution in [3.05, 3.63) is 83.6 Å². The number of halogens is 3. The molecule has 1 aromatic heterocycles. The number of Topliss-reactive ketones (excluding diaryl/α,β-unsaturated/α-hetero) is 1. The van der Waals surface area contributed by atoms with Crippen molar-refractivity contribution >= 4 is 17.5 Å². The summed E-state index contributed by atoms with van der Waals surface area (Å²) in [6.07, 6.45) is -3.70. The minimum atomic E-state index is -4.54. The van der Waals surface area contributed by atoms with E-state index in [-0.39, 0.29) is 23.6 Å². The van der Waals surface area contributed by atoms with Crippen LogP contribution < -0.4 is 10.6 Å². The predicted octanol–water partition coefficient (Wildman–Crippen LogP) is 4.54. The van der Waals surface area contributed by atoms with Crippen LogP contribution >= 0.6 is 0 Å². The molecule has 0 bridgehead atoms. The minimum absolute atomic E-state index is 0.0238. The second-order valence-corrected chi connectivity index (χ2v) is 7.68. The largest absolute Gasteiger partial charge is 0.410 e. The van der Waals surface area contributed by atoms with Gasteiger partial charge in [0.1, 0.15) is 11.4 Å². The van der Waals surface area contributed by atoms with E-state index in [4.69, 9.17) is 0 Å². The molecule has 2 aromatic carbocycles. The molecule has 2 heterocycles. The second-order valence-electron chi connectivity index (χ2n) is 7.68. The van der Waals surface area contributed by atoms with E-state index in [1.54, 1.807) is 60.7 Å². The molecule has 1 aliphatic rings. The Labute approximate surface area is 182 Å². The highest BCUT2D eigenvalue weighted by Crippen LogP contribution is 2.44. The zero-order chi connectivity index (χ0) is 22.9. The van der Waals surface area contributed by atoms with Gasteiger partial charge in [0.2, 0.25) is 0 Å². The molecule has 4 rings (SSSR count). The van der Waals surface area contributed by atoms with Gasteiger partial charge < -0.3 is 10.6 Å². The van der Waals surface area contributed by atoms with Gasteiger partial charge in [-0.15, -0.1) is 0 Å². The Balaban J connectivity index is 1.61. The normalized spacial score (nSPS) is 18.9. The highest BCUT2D eigenvalue weighted by molar-refractivity contribution is 6.05. The van der Waals surface area contributed by atoms with Crippen molar-refractivity contribution < 1.29 is 22.8 Å². The van der Waals surface area contributed by atoms with E-state index < -0.39 is 30.2 Å². The maximum atomic E-state index is 13.8. The number of fused-ring (bicyclic) bond motifs is 1. The Bertz CT molecular complexity index is 1110. The number of rotatable bonds is 5. The Morgan fingerprint density at radius 2 is 1.72 bits per heavy atom. The SMILES string of the molecule is CC(NC(=O)c1cnn2c1N[C@H](c1ccccc1)C[C@@H]2C(F)(F)F)C(=O)c1ccccc1. The van der Waals surface area contributed by atoms with Crippen LogP contribution in [0.1, 0.15) is 51.7 Å². The lowest BCUT2D eigenvalue weighted by atomic mass is 9.96. The Morgan fingerprint density at radius 3 is 2.34 bits per heavy atom. The number of anilines is 1. The highest BCUT2D eigenvalue weighted by atomic mass is 19.4. The summed E-state index contributed by atoms with van der Waals surface area (Å²) in [4.78, 5) is 25.4. The molecule has 1 amide bonds. The van der Waals surface area contributed by atoms with Gasteiger partial charge in [0.15, 0.2) is 11.8 Å². The van der Waals surface area contributed by atoms with Gasteiger partial charge in [-0.2, -0.15) is 18.3 Å². The zero-order valence-electron chi connectivity index (χ0n) is 17.1. The van der Waals surface area contributed by atoms with Crippen LogP contribution in [0, 0.1) is 0 Å². The number of carbonyl (C=O) groups is 2. The number of amides is 1. The fourth-order valence-electron chi connectivity index (χ4n) is 3.83. The van der Waals surface area contributed by atoms with Gasteiger partial charge in [-0.3, -0.25) is 9.59 Å². The molecule has 3 aromatic rings. The maximum absolute atomic E-state index is 13.8. The topological polar surface area (TPSA) is 76.0 Å². The minimum Gasteiger partial charge on any atom is -0.363 e. The number of hydrogen-bond donors (Lipinski definition) is 2. The second kappa shape index (κ2) is 8.49. The molecule has 3 atom stereocenters. The van der Waals surface area contributed by atoms with E-state index >= 15 is 0 Å². The van der Waals surface area contributed by atoms with Crippen LogP contribution in [0.5, 0.6) is 0 Å². The fraction of sp³-hybridized carbons (Fsp3) is 0.261. The van der Waals surface area contributed by atoms with Gasteiger partial charge in [-0.25, -0.2) is 4.68 Å². The van der Waals surface area contributed by atoms with Crippen LogP contribution in [0.2, 0.25) is 0 Å². The van der Waals surface area contributed by atoms with Crippen molar-refractivity contribution in [3.8, 4) is 0 Å². The Kier molecular flexibility index (Phi) is 5.73. The predicted molar refractivity (Wildman–Crippen MR) is 112 cm³/mol. The number of hydrogen-bond acceptors (Lipinski definition) is 4. The van der Waals surface area contributed by atoms with Gasteiger partial charge in [-0.05, 0) is 12.5 Å². The average Bonchev–Trinajstić information content (AvgIpc) is 3.22. The standard InChI is InChI=1S/C23H21F3N4O2/c1-14(20(31)16-10-6-3-7-11-16)28-22(32)17-13-27-30-19(23(24,25)26)12-18(29-21(17)30)15-8-4-2-5-9-15/h2-11,13-14,18-19,29H,12H2,1H3,(H,28,32)/t14?,18-,19+/m0/s1. The summed E-state index contributed by atoms with van der Waals surface area (Å²) in [6.45, 7) is 1.53. The lowest BCUT2D eigenvalue weighted by molar-refractivity contribution is -0.173. The lowest BCUT2D eigenvalue weighted by Gasteiger charge is -2.34. The third-order valence-electron chi connectivity index (χ3n) is 5.48. The van der Waals surface area contributed by atoms with E-state index in [1.165, 1.54) is 6.92 Å². The lowest BCUT2D eigenvalue weighted by Crippen LogP contribution is -2.40. The number of aromatic nitrogens is 2. The number of nitrogens with one attached hydrogen (secondary N) is 2. The van der Waals surface area contributed by atoms with Crippen molar-refractivity contribution in [3.63, 3.8) is 0 Å². The van der Waals surface area contributed by atoms with E-state index in [1.807, 2.05) is 0 Å². The van der Waals surface area contributed by atoms with Crippen LogP contribution in [0.3, 0.4) is 0 Å². The van der Waals surface area contributed by atoms with E-state index in [9.17, 15) is 22.8 Å². The molecule has 1 aliphatic heterocycles. The molecular weight excluding hydrogens is 421 g/mol. The quantitative estimate of drug-likeness (QED) is 0.569. The van der Waals surface area contributed by atoms with Crippen molar-refractivity contribution in [2.24, 2.45) is 0 Å². The van der Waals surface area contributed by atoms with Crippen molar-refractivity contribution in [2.75, 3.05) is 5.32 Å². The molecule has 6 nitrogen and oxygen atoms in total. The average molecular weight is 442 g/mol. The first-order chi connectivity index (χ1) is 15.3.